The van der Waals surface area contributed by atoms with Gasteiger partial charge in [-0.2, -0.15) is 0 Å². The first kappa shape index (κ1) is 16.0. The topological polar surface area (TPSA) is 9.23 Å². The Morgan fingerprint density at radius 3 is 2.32 bits per heavy atom. The number of hydrogen-bond donors (Lipinski definition) is 0. The largest absolute Gasteiger partial charge is 0.377 e. The molecule has 1 heteroatoms. The first-order valence-corrected chi connectivity index (χ1v) is 7.22. The standard InChI is InChI=1S/C18H28O/c1-6-15(2)8-7-13-19-14-16-9-11-17(12-10-16)18(3,4)5/h6,9-12H,7-8,13-14H2,1-5H3/b15-6-. The first-order chi connectivity index (χ1) is 8.93. The van der Waals surface area contributed by atoms with Crippen LogP contribution in [0, 0.1) is 0 Å². The molecule has 0 aliphatic carbocycles. The Kier molecular flexibility index (Phi) is 6.30. The molecule has 1 nitrogen and oxygen atoms in total. The lowest BCUT2D eigenvalue weighted by molar-refractivity contribution is 0.118. The zero-order valence-corrected chi connectivity index (χ0v) is 13.1. The average molecular weight is 260 g/mol. The van der Waals surface area contributed by atoms with Crippen LogP contribution < -0.4 is 0 Å². The van der Waals surface area contributed by atoms with Gasteiger partial charge in [-0.3, -0.25) is 0 Å². The molecule has 0 N–H and O–H groups in total. The van der Waals surface area contributed by atoms with Crippen LogP contribution in [-0.4, -0.2) is 6.61 Å². The lowest BCUT2D eigenvalue weighted by Gasteiger charge is -2.19. The van der Waals surface area contributed by atoms with Gasteiger partial charge in [0, 0.05) is 6.61 Å². The summed E-state index contributed by atoms with van der Waals surface area (Å²) in [6.45, 7) is 12.5. The smallest absolute Gasteiger partial charge is 0.0716 e. The number of hydrogen-bond acceptors (Lipinski definition) is 1. The van der Waals surface area contributed by atoms with E-state index in [0.717, 1.165) is 26.1 Å². The van der Waals surface area contributed by atoms with Gasteiger partial charge in [-0.25, -0.2) is 0 Å². The number of allylic oxidation sites excluding steroid dienone is 2. The lowest BCUT2D eigenvalue weighted by Crippen LogP contribution is -2.10. The molecule has 0 aliphatic rings. The Morgan fingerprint density at radius 1 is 1.16 bits per heavy atom. The van der Waals surface area contributed by atoms with E-state index >= 15 is 0 Å². The Balaban J connectivity index is 2.31. The van der Waals surface area contributed by atoms with Gasteiger partial charge in [0.2, 0.25) is 0 Å². The van der Waals surface area contributed by atoms with Gasteiger partial charge in [0.15, 0.2) is 0 Å². The molecule has 1 aromatic rings. The average Bonchev–Trinajstić information content (AvgIpc) is 2.37. The number of benzene rings is 1. The van der Waals surface area contributed by atoms with E-state index in [1.165, 1.54) is 16.7 Å². The quantitative estimate of drug-likeness (QED) is 0.501. The van der Waals surface area contributed by atoms with Crippen molar-refractivity contribution in [1.29, 1.82) is 0 Å². The summed E-state index contributed by atoms with van der Waals surface area (Å²) in [6.07, 6.45) is 4.42. The van der Waals surface area contributed by atoms with E-state index in [-0.39, 0.29) is 5.41 Å². The van der Waals surface area contributed by atoms with Crippen LogP contribution in [0.1, 0.15) is 58.6 Å². The van der Waals surface area contributed by atoms with Crippen molar-refractivity contribution >= 4 is 0 Å². The SMILES string of the molecule is C/C=C(/C)CCCOCc1ccc(C(C)(C)C)cc1. The van der Waals surface area contributed by atoms with Crippen molar-refractivity contribution in [2.75, 3.05) is 6.61 Å². The van der Waals surface area contributed by atoms with E-state index in [1.54, 1.807) is 0 Å². The van der Waals surface area contributed by atoms with E-state index in [9.17, 15) is 0 Å². The molecule has 0 bridgehead atoms. The van der Waals surface area contributed by atoms with Crippen LogP contribution in [0.5, 0.6) is 0 Å². The van der Waals surface area contributed by atoms with Crippen molar-refractivity contribution in [1.82, 2.24) is 0 Å². The fourth-order valence-electron chi connectivity index (χ4n) is 1.89. The summed E-state index contributed by atoms with van der Waals surface area (Å²) in [5.74, 6) is 0. The van der Waals surface area contributed by atoms with Crippen LogP contribution in [0.2, 0.25) is 0 Å². The maximum atomic E-state index is 5.71. The Bertz CT molecular complexity index is 393. The minimum Gasteiger partial charge on any atom is -0.377 e. The van der Waals surface area contributed by atoms with E-state index < -0.39 is 0 Å². The summed E-state index contributed by atoms with van der Waals surface area (Å²) in [4.78, 5) is 0. The van der Waals surface area contributed by atoms with Crippen LogP contribution in [0.25, 0.3) is 0 Å². The van der Waals surface area contributed by atoms with Crippen LogP contribution in [-0.2, 0) is 16.8 Å². The number of ether oxygens (including phenoxy) is 1. The molecule has 0 heterocycles. The van der Waals surface area contributed by atoms with Crippen molar-refractivity contribution < 1.29 is 4.74 Å². The molecule has 0 radical (unpaired) electrons. The molecule has 0 amide bonds. The molecule has 1 aromatic carbocycles. The second-order valence-corrected chi connectivity index (χ2v) is 6.24. The highest BCUT2D eigenvalue weighted by atomic mass is 16.5. The maximum absolute atomic E-state index is 5.71. The zero-order chi connectivity index (χ0) is 14.3. The van der Waals surface area contributed by atoms with Gasteiger partial charge in [-0.15, -0.1) is 0 Å². The Morgan fingerprint density at radius 2 is 1.79 bits per heavy atom. The van der Waals surface area contributed by atoms with Gasteiger partial charge in [-0.1, -0.05) is 56.7 Å². The van der Waals surface area contributed by atoms with Gasteiger partial charge < -0.3 is 4.74 Å². The predicted molar refractivity (Wildman–Crippen MR) is 83.5 cm³/mol. The van der Waals surface area contributed by atoms with Crippen LogP contribution in [0.4, 0.5) is 0 Å². The molecule has 106 valence electrons. The molecule has 19 heavy (non-hydrogen) atoms. The second kappa shape index (κ2) is 7.49. The van der Waals surface area contributed by atoms with Gasteiger partial charge in [0.05, 0.1) is 6.61 Å². The summed E-state index contributed by atoms with van der Waals surface area (Å²) in [5.41, 5.74) is 4.30. The van der Waals surface area contributed by atoms with Crippen molar-refractivity contribution in [3.8, 4) is 0 Å². The Hall–Kier alpha value is -1.08. The minimum atomic E-state index is 0.226. The molecule has 0 aliphatic heterocycles. The molecule has 0 unspecified atom stereocenters. The van der Waals surface area contributed by atoms with Crippen molar-refractivity contribution in [2.45, 2.75) is 59.5 Å². The van der Waals surface area contributed by atoms with E-state index in [0.29, 0.717) is 0 Å². The van der Waals surface area contributed by atoms with E-state index in [4.69, 9.17) is 4.74 Å². The summed E-state index contributed by atoms with van der Waals surface area (Å²) in [5, 5.41) is 0. The fourth-order valence-corrected chi connectivity index (χ4v) is 1.89. The van der Waals surface area contributed by atoms with Crippen LogP contribution in [0.15, 0.2) is 35.9 Å². The highest BCUT2D eigenvalue weighted by Crippen LogP contribution is 2.22. The van der Waals surface area contributed by atoms with E-state index in [1.807, 2.05) is 0 Å². The van der Waals surface area contributed by atoms with Gasteiger partial charge in [-0.05, 0) is 43.2 Å². The fraction of sp³-hybridized carbons (Fsp3) is 0.556. The van der Waals surface area contributed by atoms with Gasteiger partial charge in [0.1, 0.15) is 0 Å². The molecular formula is C18H28O. The monoisotopic (exact) mass is 260 g/mol. The maximum Gasteiger partial charge on any atom is 0.0716 e. The minimum absolute atomic E-state index is 0.226. The summed E-state index contributed by atoms with van der Waals surface area (Å²) >= 11 is 0. The summed E-state index contributed by atoms with van der Waals surface area (Å²) in [7, 11) is 0. The molecule has 0 saturated heterocycles. The van der Waals surface area contributed by atoms with Crippen molar-refractivity contribution in [2.24, 2.45) is 0 Å². The molecule has 0 saturated carbocycles. The Labute approximate surface area is 118 Å². The first-order valence-electron chi connectivity index (χ1n) is 7.22. The second-order valence-electron chi connectivity index (χ2n) is 6.24. The third kappa shape index (κ3) is 6.07. The molecule has 0 fully saturated rings. The summed E-state index contributed by atoms with van der Waals surface area (Å²) < 4.78 is 5.71. The third-order valence-electron chi connectivity index (χ3n) is 3.44. The number of rotatable bonds is 6. The highest BCUT2D eigenvalue weighted by molar-refractivity contribution is 5.27. The molecule has 0 aromatic heterocycles. The van der Waals surface area contributed by atoms with Crippen molar-refractivity contribution in [3.63, 3.8) is 0 Å². The van der Waals surface area contributed by atoms with Gasteiger partial charge >= 0.3 is 0 Å². The molecule has 0 spiro atoms. The molecular weight excluding hydrogens is 232 g/mol. The lowest BCUT2D eigenvalue weighted by atomic mass is 9.87. The molecule has 1 rings (SSSR count). The van der Waals surface area contributed by atoms with Crippen LogP contribution >= 0.6 is 0 Å². The normalized spacial score (nSPS) is 12.8. The van der Waals surface area contributed by atoms with E-state index in [2.05, 4.69) is 65.0 Å². The zero-order valence-electron chi connectivity index (χ0n) is 13.1. The third-order valence-corrected chi connectivity index (χ3v) is 3.44. The van der Waals surface area contributed by atoms with Crippen LogP contribution in [0.3, 0.4) is 0 Å². The predicted octanol–water partition coefficient (Wildman–Crippen LogP) is 5.25. The summed E-state index contributed by atoms with van der Waals surface area (Å²) in [6, 6.07) is 8.78. The molecule has 0 atom stereocenters. The van der Waals surface area contributed by atoms with Gasteiger partial charge in [0.25, 0.3) is 0 Å². The highest BCUT2D eigenvalue weighted by Gasteiger charge is 2.12. The van der Waals surface area contributed by atoms with Crippen molar-refractivity contribution in [3.05, 3.63) is 47.0 Å².